The number of urea groups is 1. The molecule has 0 spiro atoms. The van der Waals surface area contributed by atoms with Crippen molar-refractivity contribution in [2.75, 3.05) is 13.1 Å². The summed E-state index contributed by atoms with van der Waals surface area (Å²) in [6, 6.07) is 11.3. The molecule has 5 nitrogen and oxygen atoms in total. The van der Waals surface area contributed by atoms with Crippen molar-refractivity contribution in [1.82, 2.24) is 10.2 Å². The van der Waals surface area contributed by atoms with Gasteiger partial charge in [0.2, 0.25) is 0 Å². The standard InChI is InChI=1S/C18H22ClN3O2/c19-14-5-3-4-13(10-14)17-8-7-16(24-17)12-21-18(23)22-9-2-1-6-15(22)11-20/h3-5,7-8,10,15H,1-2,6,9,11-12,20H2,(H,21,23)/t15-/m1/s1. The van der Waals surface area contributed by atoms with Crippen LogP contribution in [0.2, 0.25) is 5.02 Å². The van der Waals surface area contributed by atoms with Crippen LogP contribution in [0.15, 0.2) is 40.8 Å². The number of nitrogens with zero attached hydrogens (tertiary/aromatic N) is 1. The Bertz CT molecular complexity index is 701. The van der Waals surface area contributed by atoms with Crippen molar-refractivity contribution in [2.45, 2.75) is 31.8 Å². The van der Waals surface area contributed by atoms with Crippen LogP contribution < -0.4 is 11.1 Å². The maximum Gasteiger partial charge on any atom is 0.318 e. The summed E-state index contributed by atoms with van der Waals surface area (Å²) in [6.45, 7) is 1.62. The van der Waals surface area contributed by atoms with Crippen LogP contribution in [0.5, 0.6) is 0 Å². The number of carbonyl (C=O) groups excluding carboxylic acids is 1. The van der Waals surface area contributed by atoms with Gasteiger partial charge in [0.25, 0.3) is 0 Å². The summed E-state index contributed by atoms with van der Waals surface area (Å²) in [5, 5.41) is 3.58. The molecule has 1 saturated heterocycles. The molecule has 2 heterocycles. The smallest absolute Gasteiger partial charge is 0.318 e. The fraction of sp³-hybridized carbons (Fsp3) is 0.389. The molecule has 1 aromatic heterocycles. The Hall–Kier alpha value is -1.98. The molecule has 2 aromatic rings. The molecule has 0 radical (unpaired) electrons. The highest BCUT2D eigenvalue weighted by Gasteiger charge is 2.25. The van der Waals surface area contributed by atoms with Crippen molar-refractivity contribution >= 4 is 17.6 Å². The summed E-state index contributed by atoms with van der Waals surface area (Å²) >= 11 is 6.00. The first-order valence-electron chi connectivity index (χ1n) is 8.26. The van der Waals surface area contributed by atoms with E-state index in [0.717, 1.165) is 37.1 Å². The first-order valence-corrected chi connectivity index (χ1v) is 8.64. The molecule has 6 heteroatoms. The molecule has 1 aliphatic rings. The molecule has 128 valence electrons. The summed E-state index contributed by atoms with van der Waals surface area (Å²) in [4.78, 5) is 14.2. The normalized spacial score (nSPS) is 17.8. The maximum atomic E-state index is 12.4. The lowest BCUT2D eigenvalue weighted by Gasteiger charge is -2.34. The zero-order valence-corrected chi connectivity index (χ0v) is 14.3. The average molecular weight is 348 g/mol. The second-order valence-electron chi connectivity index (χ2n) is 6.01. The topological polar surface area (TPSA) is 71.5 Å². The van der Waals surface area contributed by atoms with E-state index in [1.807, 2.05) is 41.3 Å². The van der Waals surface area contributed by atoms with Crippen LogP contribution in [0.3, 0.4) is 0 Å². The third kappa shape index (κ3) is 3.91. The monoisotopic (exact) mass is 347 g/mol. The number of likely N-dealkylation sites (tertiary alicyclic amines) is 1. The Labute approximate surface area is 146 Å². The minimum absolute atomic E-state index is 0.0779. The van der Waals surface area contributed by atoms with E-state index in [0.29, 0.717) is 23.9 Å². The predicted molar refractivity (Wildman–Crippen MR) is 94.8 cm³/mol. The van der Waals surface area contributed by atoms with Crippen molar-refractivity contribution in [3.05, 3.63) is 47.2 Å². The molecule has 0 aliphatic carbocycles. The Morgan fingerprint density at radius 1 is 1.33 bits per heavy atom. The second kappa shape index (κ2) is 7.73. The number of carbonyl (C=O) groups is 1. The molecule has 0 unspecified atom stereocenters. The molecular weight excluding hydrogens is 326 g/mol. The van der Waals surface area contributed by atoms with Crippen LogP contribution in [0, 0.1) is 0 Å². The third-order valence-electron chi connectivity index (χ3n) is 4.34. The summed E-state index contributed by atoms with van der Waals surface area (Å²) in [5.41, 5.74) is 6.68. The van der Waals surface area contributed by atoms with Gasteiger partial charge < -0.3 is 20.4 Å². The lowest BCUT2D eigenvalue weighted by atomic mass is 10.0. The molecule has 0 saturated carbocycles. The summed E-state index contributed by atoms with van der Waals surface area (Å²) < 4.78 is 5.80. The number of hydrogen-bond acceptors (Lipinski definition) is 3. The second-order valence-corrected chi connectivity index (χ2v) is 6.45. The van der Waals surface area contributed by atoms with E-state index in [4.69, 9.17) is 21.8 Å². The minimum Gasteiger partial charge on any atom is -0.459 e. The van der Waals surface area contributed by atoms with Gasteiger partial charge in [0.1, 0.15) is 11.5 Å². The van der Waals surface area contributed by atoms with Gasteiger partial charge in [-0.2, -0.15) is 0 Å². The van der Waals surface area contributed by atoms with Crippen molar-refractivity contribution < 1.29 is 9.21 Å². The van der Waals surface area contributed by atoms with E-state index >= 15 is 0 Å². The summed E-state index contributed by atoms with van der Waals surface area (Å²) in [7, 11) is 0. The number of furan rings is 1. The zero-order valence-electron chi connectivity index (χ0n) is 13.5. The van der Waals surface area contributed by atoms with E-state index in [1.54, 1.807) is 0 Å². The number of hydrogen-bond donors (Lipinski definition) is 2. The van der Waals surface area contributed by atoms with E-state index < -0.39 is 0 Å². The van der Waals surface area contributed by atoms with Gasteiger partial charge in [0, 0.05) is 29.7 Å². The van der Waals surface area contributed by atoms with Gasteiger partial charge in [0.05, 0.1) is 6.54 Å². The number of rotatable bonds is 4. The fourth-order valence-corrected chi connectivity index (χ4v) is 3.24. The van der Waals surface area contributed by atoms with Gasteiger partial charge in [-0.25, -0.2) is 4.79 Å². The number of amides is 2. The van der Waals surface area contributed by atoms with E-state index in [-0.39, 0.29) is 12.1 Å². The number of nitrogens with two attached hydrogens (primary N) is 1. The van der Waals surface area contributed by atoms with Crippen molar-refractivity contribution in [3.63, 3.8) is 0 Å². The molecule has 2 amide bonds. The highest BCUT2D eigenvalue weighted by Crippen LogP contribution is 2.25. The zero-order chi connectivity index (χ0) is 16.9. The van der Waals surface area contributed by atoms with Crippen molar-refractivity contribution in [2.24, 2.45) is 5.73 Å². The summed E-state index contributed by atoms with van der Waals surface area (Å²) in [5.74, 6) is 1.44. The Balaban J connectivity index is 1.60. The molecule has 24 heavy (non-hydrogen) atoms. The number of benzene rings is 1. The van der Waals surface area contributed by atoms with Crippen LogP contribution in [0.1, 0.15) is 25.0 Å². The Morgan fingerprint density at radius 2 is 2.21 bits per heavy atom. The Morgan fingerprint density at radius 3 is 3.00 bits per heavy atom. The first-order chi connectivity index (χ1) is 11.7. The molecule has 3 N–H and O–H groups in total. The SMILES string of the molecule is NC[C@H]1CCCCN1C(=O)NCc1ccc(-c2cccc(Cl)c2)o1. The van der Waals surface area contributed by atoms with Gasteiger partial charge in [-0.1, -0.05) is 23.7 Å². The van der Waals surface area contributed by atoms with Crippen LogP contribution in [0.4, 0.5) is 4.79 Å². The largest absolute Gasteiger partial charge is 0.459 e. The van der Waals surface area contributed by atoms with Crippen LogP contribution >= 0.6 is 11.6 Å². The van der Waals surface area contributed by atoms with Gasteiger partial charge in [-0.3, -0.25) is 0 Å². The molecule has 1 aromatic carbocycles. The molecule has 1 atom stereocenters. The number of nitrogens with one attached hydrogen (secondary N) is 1. The van der Waals surface area contributed by atoms with Gasteiger partial charge in [-0.05, 0) is 43.5 Å². The third-order valence-corrected chi connectivity index (χ3v) is 4.58. The predicted octanol–water partition coefficient (Wildman–Crippen LogP) is 3.62. The molecule has 1 fully saturated rings. The van der Waals surface area contributed by atoms with Crippen LogP contribution in [-0.2, 0) is 6.54 Å². The molecule has 1 aliphatic heterocycles. The number of halogens is 1. The maximum absolute atomic E-state index is 12.4. The fourth-order valence-electron chi connectivity index (χ4n) is 3.05. The van der Waals surface area contributed by atoms with Crippen LogP contribution in [0.25, 0.3) is 11.3 Å². The number of piperidine rings is 1. The minimum atomic E-state index is -0.0779. The molecular formula is C18H22ClN3O2. The van der Waals surface area contributed by atoms with Crippen molar-refractivity contribution in [3.8, 4) is 11.3 Å². The van der Waals surface area contributed by atoms with Gasteiger partial charge in [0.15, 0.2) is 0 Å². The summed E-state index contributed by atoms with van der Waals surface area (Å²) in [6.07, 6.45) is 3.14. The highest BCUT2D eigenvalue weighted by atomic mass is 35.5. The lowest BCUT2D eigenvalue weighted by Crippen LogP contribution is -2.51. The Kier molecular flexibility index (Phi) is 5.43. The van der Waals surface area contributed by atoms with Crippen molar-refractivity contribution in [1.29, 1.82) is 0 Å². The van der Waals surface area contributed by atoms with E-state index in [2.05, 4.69) is 5.32 Å². The van der Waals surface area contributed by atoms with E-state index in [1.165, 1.54) is 0 Å². The van der Waals surface area contributed by atoms with E-state index in [9.17, 15) is 4.79 Å². The lowest BCUT2D eigenvalue weighted by molar-refractivity contribution is 0.153. The highest BCUT2D eigenvalue weighted by molar-refractivity contribution is 6.30. The van der Waals surface area contributed by atoms with Crippen LogP contribution in [-0.4, -0.2) is 30.1 Å². The van der Waals surface area contributed by atoms with Gasteiger partial charge >= 0.3 is 6.03 Å². The van der Waals surface area contributed by atoms with Gasteiger partial charge in [-0.15, -0.1) is 0 Å². The molecule has 3 rings (SSSR count). The first kappa shape index (κ1) is 16.9. The molecule has 0 bridgehead atoms. The average Bonchev–Trinajstić information content (AvgIpc) is 3.08. The quantitative estimate of drug-likeness (QED) is 0.887.